The molecule has 13 heavy (non-hydrogen) atoms. The maximum Gasteiger partial charge on any atom is 0.238 e. The second-order valence-electron chi connectivity index (χ2n) is 2.37. The molecular formula is C8H9BrN2O2. The van der Waals surface area contributed by atoms with E-state index in [-0.39, 0.29) is 5.91 Å². The first-order chi connectivity index (χ1) is 6.13. The van der Waals surface area contributed by atoms with Gasteiger partial charge in [-0.05, 0) is 28.1 Å². The summed E-state index contributed by atoms with van der Waals surface area (Å²) < 4.78 is 5.64. The predicted octanol–water partition coefficient (Wildman–Crippen LogP) is 1.81. The fourth-order valence-electron chi connectivity index (χ4n) is 0.858. The number of carbonyl (C=O) groups is 1. The molecule has 1 rings (SSSR count). The summed E-state index contributed by atoms with van der Waals surface area (Å²) >= 11 is 3.20. The van der Waals surface area contributed by atoms with E-state index in [2.05, 4.69) is 26.2 Å². The highest BCUT2D eigenvalue weighted by molar-refractivity contribution is 9.10. The fraction of sp³-hybridized carbons (Fsp3) is 0.250. The molecule has 0 unspecified atom stereocenters. The van der Waals surface area contributed by atoms with Crippen molar-refractivity contribution in [3.05, 3.63) is 16.7 Å². The fourth-order valence-corrected chi connectivity index (χ4v) is 1.15. The molecule has 0 spiro atoms. The van der Waals surface area contributed by atoms with Gasteiger partial charge < -0.3 is 10.1 Å². The summed E-state index contributed by atoms with van der Waals surface area (Å²) in [6.07, 6.45) is 0. The molecule has 1 amide bonds. The van der Waals surface area contributed by atoms with Crippen LogP contribution in [0.5, 0.6) is 5.88 Å². The van der Waals surface area contributed by atoms with E-state index < -0.39 is 0 Å². The zero-order valence-corrected chi connectivity index (χ0v) is 8.88. The van der Waals surface area contributed by atoms with Gasteiger partial charge in [-0.1, -0.05) is 0 Å². The van der Waals surface area contributed by atoms with Crippen molar-refractivity contribution in [1.82, 2.24) is 4.98 Å². The van der Waals surface area contributed by atoms with Crippen molar-refractivity contribution < 1.29 is 9.53 Å². The van der Waals surface area contributed by atoms with Crippen LogP contribution in [0.3, 0.4) is 0 Å². The number of methoxy groups -OCH3 is 1. The molecule has 0 saturated heterocycles. The molecule has 1 heterocycles. The monoisotopic (exact) mass is 244 g/mol. The normalized spacial score (nSPS) is 9.46. The Morgan fingerprint density at radius 1 is 1.62 bits per heavy atom. The van der Waals surface area contributed by atoms with Gasteiger partial charge in [-0.25, -0.2) is 4.98 Å². The lowest BCUT2D eigenvalue weighted by Crippen LogP contribution is -2.07. The van der Waals surface area contributed by atoms with Gasteiger partial charge in [0.15, 0.2) is 0 Å². The first kappa shape index (κ1) is 9.98. The Balaban J connectivity index is 2.99. The lowest BCUT2D eigenvalue weighted by Gasteiger charge is -2.07. The summed E-state index contributed by atoms with van der Waals surface area (Å²) in [6, 6.07) is 3.45. The third-order valence-electron chi connectivity index (χ3n) is 1.33. The zero-order valence-electron chi connectivity index (χ0n) is 7.30. The molecular weight excluding hydrogens is 236 g/mol. The second-order valence-corrected chi connectivity index (χ2v) is 3.18. The van der Waals surface area contributed by atoms with Crippen molar-refractivity contribution in [2.24, 2.45) is 0 Å². The molecule has 5 heteroatoms. The number of pyridine rings is 1. The molecule has 0 fully saturated rings. The van der Waals surface area contributed by atoms with E-state index >= 15 is 0 Å². The number of aromatic nitrogens is 1. The highest BCUT2D eigenvalue weighted by Gasteiger charge is 2.05. The Kier molecular flexibility index (Phi) is 3.25. The molecule has 0 radical (unpaired) electrons. The molecule has 1 aromatic heterocycles. The molecule has 1 aromatic rings. The van der Waals surface area contributed by atoms with Crippen molar-refractivity contribution in [2.75, 3.05) is 12.4 Å². The predicted molar refractivity (Wildman–Crippen MR) is 52.8 cm³/mol. The number of hydrogen-bond acceptors (Lipinski definition) is 3. The van der Waals surface area contributed by atoms with Crippen LogP contribution >= 0.6 is 15.9 Å². The van der Waals surface area contributed by atoms with Crippen LogP contribution in [0.15, 0.2) is 16.7 Å². The van der Waals surface area contributed by atoms with Gasteiger partial charge in [-0.2, -0.15) is 0 Å². The van der Waals surface area contributed by atoms with Crippen LogP contribution in [0.4, 0.5) is 5.69 Å². The average Bonchev–Trinajstić information content (AvgIpc) is 2.07. The van der Waals surface area contributed by atoms with Crippen LogP contribution in [0, 0.1) is 0 Å². The minimum absolute atomic E-state index is 0.151. The van der Waals surface area contributed by atoms with Gasteiger partial charge in [0.25, 0.3) is 0 Å². The van der Waals surface area contributed by atoms with E-state index in [1.54, 1.807) is 12.1 Å². The number of nitrogens with one attached hydrogen (secondary N) is 1. The smallest absolute Gasteiger partial charge is 0.238 e. The molecule has 4 nitrogen and oxygen atoms in total. The SMILES string of the molecule is COc1nc(Br)ccc1NC(C)=O. The van der Waals surface area contributed by atoms with E-state index in [4.69, 9.17) is 4.74 Å². The van der Waals surface area contributed by atoms with Gasteiger partial charge in [0.2, 0.25) is 11.8 Å². The van der Waals surface area contributed by atoms with Crippen LogP contribution in [-0.2, 0) is 4.79 Å². The average molecular weight is 245 g/mol. The van der Waals surface area contributed by atoms with Crippen LogP contribution in [-0.4, -0.2) is 18.0 Å². The quantitative estimate of drug-likeness (QED) is 0.808. The van der Waals surface area contributed by atoms with Crippen molar-refractivity contribution >= 4 is 27.5 Å². The minimum atomic E-state index is -0.151. The number of halogens is 1. The van der Waals surface area contributed by atoms with Crippen LogP contribution < -0.4 is 10.1 Å². The third kappa shape index (κ3) is 2.69. The maximum atomic E-state index is 10.8. The van der Waals surface area contributed by atoms with E-state index in [1.807, 2.05) is 0 Å². The Morgan fingerprint density at radius 2 is 2.31 bits per heavy atom. The van der Waals surface area contributed by atoms with E-state index in [9.17, 15) is 4.79 Å². The Hall–Kier alpha value is -1.10. The van der Waals surface area contributed by atoms with Crippen molar-refractivity contribution in [3.8, 4) is 5.88 Å². The van der Waals surface area contributed by atoms with Gasteiger partial charge in [0.05, 0.1) is 7.11 Å². The first-order valence-electron chi connectivity index (χ1n) is 3.61. The van der Waals surface area contributed by atoms with Crippen molar-refractivity contribution in [1.29, 1.82) is 0 Å². The van der Waals surface area contributed by atoms with Gasteiger partial charge in [0, 0.05) is 6.92 Å². The highest BCUT2D eigenvalue weighted by Crippen LogP contribution is 2.23. The number of nitrogens with zero attached hydrogens (tertiary/aromatic N) is 1. The number of anilines is 1. The van der Waals surface area contributed by atoms with Crippen LogP contribution in [0.2, 0.25) is 0 Å². The number of amides is 1. The van der Waals surface area contributed by atoms with Gasteiger partial charge in [0.1, 0.15) is 10.3 Å². The molecule has 0 atom stereocenters. The van der Waals surface area contributed by atoms with E-state index in [0.717, 1.165) is 0 Å². The van der Waals surface area contributed by atoms with E-state index in [0.29, 0.717) is 16.2 Å². The third-order valence-corrected chi connectivity index (χ3v) is 1.77. The minimum Gasteiger partial charge on any atom is -0.479 e. The zero-order chi connectivity index (χ0) is 9.84. The summed E-state index contributed by atoms with van der Waals surface area (Å²) in [4.78, 5) is 14.8. The lowest BCUT2D eigenvalue weighted by atomic mass is 10.4. The molecule has 0 aliphatic carbocycles. The molecule has 1 N–H and O–H groups in total. The summed E-state index contributed by atoms with van der Waals surface area (Å²) in [6.45, 7) is 1.43. The topological polar surface area (TPSA) is 51.2 Å². The summed E-state index contributed by atoms with van der Waals surface area (Å²) in [5, 5.41) is 2.60. The summed E-state index contributed by atoms with van der Waals surface area (Å²) in [5.41, 5.74) is 0.568. The highest BCUT2D eigenvalue weighted by atomic mass is 79.9. The van der Waals surface area contributed by atoms with Crippen molar-refractivity contribution in [3.63, 3.8) is 0 Å². The number of carbonyl (C=O) groups excluding carboxylic acids is 1. The molecule has 0 aromatic carbocycles. The summed E-state index contributed by atoms with van der Waals surface area (Å²) in [7, 11) is 1.50. The van der Waals surface area contributed by atoms with Gasteiger partial charge in [-0.3, -0.25) is 4.79 Å². The largest absolute Gasteiger partial charge is 0.479 e. The molecule has 0 aliphatic rings. The molecule has 0 saturated carbocycles. The van der Waals surface area contributed by atoms with Crippen molar-refractivity contribution in [2.45, 2.75) is 6.92 Å². The Labute approximate surface area is 84.4 Å². The Morgan fingerprint density at radius 3 is 2.85 bits per heavy atom. The summed E-state index contributed by atoms with van der Waals surface area (Å²) in [5.74, 6) is 0.243. The van der Waals surface area contributed by atoms with Crippen LogP contribution in [0.25, 0.3) is 0 Å². The molecule has 70 valence electrons. The number of rotatable bonds is 2. The Bertz CT molecular complexity index is 328. The standard InChI is InChI=1S/C8H9BrN2O2/c1-5(12)10-6-3-4-7(9)11-8(6)13-2/h3-4H,1-2H3,(H,10,12). The first-order valence-corrected chi connectivity index (χ1v) is 4.41. The maximum absolute atomic E-state index is 10.8. The lowest BCUT2D eigenvalue weighted by molar-refractivity contribution is -0.114. The molecule has 0 bridgehead atoms. The number of hydrogen-bond donors (Lipinski definition) is 1. The molecule has 0 aliphatic heterocycles. The van der Waals surface area contributed by atoms with Gasteiger partial charge >= 0.3 is 0 Å². The van der Waals surface area contributed by atoms with Gasteiger partial charge in [-0.15, -0.1) is 0 Å². The second kappa shape index (κ2) is 4.23. The van der Waals surface area contributed by atoms with E-state index in [1.165, 1.54) is 14.0 Å². The number of ether oxygens (including phenoxy) is 1. The van der Waals surface area contributed by atoms with Crippen LogP contribution in [0.1, 0.15) is 6.92 Å².